The van der Waals surface area contributed by atoms with Crippen LogP contribution in [0, 0.1) is 6.92 Å². The summed E-state index contributed by atoms with van der Waals surface area (Å²) in [7, 11) is 0. The Kier molecular flexibility index (Phi) is 5.63. The molecule has 0 atom stereocenters. The molecule has 0 saturated carbocycles. The van der Waals surface area contributed by atoms with Gasteiger partial charge >= 0.3 is 0 Å². The zero-order valence-corrected chi connectivity index (χ0v) is 18.7. The van der Waals surface area contributed by atoms with E-state index in [-0.39, 0.29) is 5.91 Å². The van der Waals surface area contributed by atoms with E-state index in [0.29, 0.717) is 16.3 Å². The second kappa shape index (κ2) is 8.88. The highest BCUT2D eigenvalue weighted by molar-refractivity contribution is 6.31. The lowest BCUT2D eigenvalue weighted by atomic mass is 10.1. The van der Waals surface area contributed by atoms with Gasteiger partial charge in [0, 0.05) is 57.6 Å². The molecule has 0 bridgehead atoms. The van der Waals surface area contributed by atoms with Gasteiger partial charge in [-0.25, -0.2) is 0 Å². The SMILES string of the molecule is Cc1ccc(C(=O)Nc2cccc(Cl)c2)cc1Nc1cc(-c2cccnc2)nc2c1C=CC2. The van der Waals surface area contributed by atoms with Crippen molar-refractivity contribution in [2.75, 3.05) is 10.6 Å². The van der Waals surface area contributed by atoms with Crippen LogP contribution in [0.3, 0.4) is 0 Å². The van der Waals surface area contributed by atoms with Crippen LogP contribution in [0.1, 0.15) is 27.2 Å². The number of benzene rings is 2. The van der Waals surface area contributed by atoms with Crippen molar-refractivity contribution in [2.24, 2.45) is 0 Å². The summed E-state index contributed by atoms with van der Waals surface area (Å²) in [6.45, 7) is 2.01. The van der Waals surface area contributed by atoms with Gasteiger partial charge in [-0.15, -0.1) is 0 Å². The Hall–Kier alpha value is -3.96. The predicted octanol–water partition coefficient (Wildman–Crippen LogP) is 6.67. The maximum atomic E-state index is 12.9. The molecule has 0 spiro atoms. The number of anilines is 3. The molecule has 5 nitrogen and oxygen atoms in total. The zero-order chi connectivity index (χ0) is 22.8. The first kappa shape index (κ1) is 20.9. The summed E-state index contributed by atoms with van der Waals surface area (Å²) in [4.78, 5) is 21.9. The first-order valence-electron chi connectivity index (χ1n) is 10.6. The van der Waals surface area contributed by atoms with Crippen molar-refractivity contribution in [3.05, 3.63) is 107 Å². The minimum absolute atomic E-state index is 0.198. The highest BCUT2D eigenvalue weighted by Crippen LogP contribution is 2.33. The largest absolute Gasteiger partial charge is 0.355 e. The Morgan fingerprint density at radius 1 is 1.03 bits per heavy atom. The minimum atomic E-state index is -0.198. The molecule has 1 aliphatic rings. The summed E-state index contributed by atoms with van der Waals surface area (Å²) in [5, 5.41) is 7.01. The number of halogens is 1. The normalized spacial score (nSPS) is 11.8. The molecule has 0 fully saturated rings. The van der Waals surface area contributed by atoms with Crippen LogP contribution in [0.25, 0.3) is 17.3 Å². The van der Waals surface area contributed by atoms with Gasteiger partial charge in [0.25, 0.3) is 5.91 Å². The van der Waals surface area contributed by atoms with Crippen LogP contribution in [0.2, 0.25) is 5.02 Å². The smallest absolute Gasteiger partial charge is 0.255 e. The fraction of sp³-hybridized carbons (Fsp3) is 0.0741. The number of rotatable bonds is 5. The van der Waals surface area contributed by atoms with E-state index in [1.54, 1.807) is 24.4 Å². The van der Waals surface area contributed by atoms with E-state index in [4.69, 9.17) is 16.6 Å². The number of pyridine rings is 2. The molecule has 4 aromatic rings. The van der Waals surface area contributed by atoms with Crippen LogP contribution in [0.5, 0.6) is 0 Å². The van der Waals surface area contributed by atoms with Crippen molar-refractivity contribution in [3.63, 3.8) is 0 Å². The van der Waals surface area contributed by atoms with E-state index in [1.165, 1.54) is 0 Å². The molecule has 6 heteroatoms. The van der Waals surface area contributed by atoms with E-state index in [2.05, 4.69) is 27.8 Å². The van der Waals surface area contributed by atoms with E-state index < -0.39 is 0 Å². The summed E-state index contributed by atoms with van der Waals surface area (Å²) >= 11 is 6.04. The molecule has 1 amide bonds. The fourth-order valence-corrected chi connectivity index (χ4v) is 4.01. The molecule has 2 N–H and O–H groups in total. The number of amides is 1. The molecule has 0 saturated heterocycles. The lowest BCUT2D eigenvalue weighted by molar-refractivity contribution is 0.102. The van der Waals surface area contributed by atoms with Crippen molar-refractivity contribution in [2.45, 2.75) is 13.3 Å². The number of carbonyl (C=O) groups excluding carboxylic acids is 1. The third-order valence-corrected chi connectivity index (χ3v) is 5.78. The highest BCUT2D eigenvalue weighted by atomic mass is 35.5. The Bertz CT molecular complexity index is 1380. The molecule has 2 aromatic heterocycles. The number of hydrogen-bond donors (Lipinski definition) is 2. The van der Waals surface area contributed by atoms with Gasteiger partial charge < -0.3 is 10.6 Å². The Labute approximate surface area is 197 Å². The number of nitrogens with zero attached hydrogens (tertiary/aromatic N) is 2. The second-order valence-electron chi connectivity index (χ2n) is 7.88. The summed E-state index contributed by atoms with van der Waals surface area (Å²) in [6.07, 6.45) is 8.55. The number of aryl methyl sites for hydroxylation is 1. The molecule has 2 heterocycles. The molecule has 33 heavy (non-hydrogen) atoms. The molecule has 0 radical (unpaired) electrons. The maximum Gasteiger partial charge on any atom is 0.255 e. The molecule has 5 rings (SSSR count). The Morgan fingerprint density at radius 3 is 2.76 bits per heavy atom. The minimum Gasteiger partial charge on any atom is -0.355 e. The van der Waals surface area contributed by atoms with Crippen molar-refractivity contribution in [1.82, 2.24) is 9.97 Å². The first-order chi connectivity index (χ1) is 16.1. The van der Waals surface area contributed by atoms with E-state index in [0.717, 1.165) is 45.9 Å². The van der Waals surface area contributed by atoms with Gasteiger partial charge in [0.1, 0.15) is 0 Å². The Morgan fingerprint density at radius 2 is 1.94 bits per heavy atom. The van der Waals surface area contributed by atoms with Crippen molar-refractivity contribution in [3.8, 4) is 11.3 Å². The molecule has 0 unspecified atom stereocenters. The molecular weight excluding hydrogens is 432 g/mol. The van der Waals surface area contributed by atoms with Gasteiger partial charge in [0.15, 0.2) is 0 Å². The van der Waals surface area contributed by atoms with Crippen LogP contribution in [0.15, 0.2) is 79.1 Å². The van der Waals surface area contributed by atoms with Crippen LogP contribution in [-0.2, 0) is 6.42 Å². The van der Waals surface area contributed by atoms with E-state index in [1.807, 2.05) is 55.6 Å². The number of nitrogens with one attached hydrogen (secondary N) is 2. The topological polar surface area (TPSA) is 66.9 Å². The van der Waals surface area contributed by atoms with Crippen LogP contribution < -0.4 is 10.6 Å². The summed E-state index contributed by atoms with van der Waals surface area (Å²) < 4.78 is 0. The molecule has 0 aliphatic heterocycles. The number of carbonyl (C=O) groups is 1. The summed E-state index contributed by atoms with van der Waals surface area (Å²) in [6, 6.07) is 18.7. The van der Waals surface area contributed by atoms with Gasteiger partial charge in [-0.05, 0) is 61.0 Å². The zero-order valence-electron chi connectivity index (χ0n) is 18.0. The van der Waals surface area contributed by atoms with Gasteiger partial charge in [-0.3, -0.25) is 14.8 Å². The third kappa shape index (κ3) is 4.49. The molecule has 2 aromatic carbocycles. The highest BCUT2D eigenvalue weighted by Gasteiger charge is 2.16. The van der Waals surface area contributed by atoms with Crippen molar-refractivity contribution >= 4 is 40.6 Å². The van der Waals surface area contributed by atoms with Gasteiger partial charge in [-0.1, -0.05) is 35.9 Å². The maximum absolute atomic E-state index is 12.9. The average molecular weight is 453 g/mol. The average Bonchev–Trinajstić information content (AvgIpc) is 3.30. The van der Waals surface area contributed by atoms with Gasteiger partial charge in [0.2, 0.25) is 0 Å². The third-order valence-electron chi connectivity index (χ3n) is 5.54. The summed E-state index contributed by atoms with van der Waals surface area (Å²) in [5.74, 6) is -0.198. The number of hydrogen-bond acceptors (Lipinski definition) is 4. The van der Waals surface area contributed by atoms with Crippen molar-refractivity contribution < 1.29 is 4.79 Å². The molecule has 1 aliphatic carbocycles. The molecule has 162 valence electrons. The van der Waals surface area contributed by atoms with E-state index >= 15 is 0 Å². The first-order valence-corrected chi connectivity index (χ1v) is 11.0. The predicted molar refractivity (Wildman–Crippen MR) is 134 cm³/mol. The number of aromatic nitrogens is 2. The quantitative estimate of drug-likeness (QED) is 0.355. The standard InChI is InChI=1S/C27H21ClN4O/c1-17-10-11-18(27(33)30-21-7-2-6-20(28)14-21)13-24(17)32-26-15-25(19-5-4-12-29-16-19)31-23-9-3-8-22(23)26/h2-8,10-16H,9H2,1H3,(H,30,33)(H,31,32). The second-order valence-corrected chi connectivity index (χ2v) is 8.32. The van der Waals surface area contributed by atoms with Gasteiger partial charge in [-0.2, -0.15) is 0 Å². The Balaban J connectivity index is 1.47. The van der Waals surface area contributed by atoms with Crippen molar-refractivity contribution in [1.29, 1.82) is 0 Å². The van der Waals surface area contributed by atoms with Crippen LogP contribution in [0.4, 0.5) is 17.1 Å². The number of allylic oxidation sites excluding steroid dienone is 1. The lowest BCUT2D eigenvalue weighted by Gasteiger charge is -2.16. The lowest BCUT2D eigenvalue weighted by Crippen LogP contribution is -2.12. The monoisotopic (exact) mass is 452 g/mol. The fourth-order valence-electron chi connectivity index (χ4n) is 3.82. The summed E-state index contributed by atoms with van der Waals surface area (Å²) in [5.41, 5.74) is 7.95. The number of fused-ring (bicyclic) bond motifs is 1. The van der Waals surface area contributed by atoms with E-state index in [9.17, 15) is 4.79 Å². The van der Waals surface area contributed by atoms with Gasteiger partial charge in [0.05, 0.1) is 11.4 Å². The molecular formula is C27H21ClN4O. The van der Waals surface area contributed by atoms with Crippen LogP contribution >= 0.6 is 11.6 Å². The van der Waals surface area contributed by atoms with Crippen LogP contribution in [-0.4, -0.2) is 15.9 Å².